The molecule has 2 heterocycles. The van der Waals surface area contributed by atoms with Gasteiger partial charge in [-0.2, -0.15) is 0 Å². The van der Waals surface area contributed by atoms with E-state index >= 15 is 0 Å². The number of aliphatic hydroxyl groups is 1. The third-order valence-electron chi connectivity index (χ3n) is 4.40. The van der Waals surface area contributed by atoms with Crippen molar-refractivity contribution >= 4 is 11.8 Å². The molecule has 1 aromatic rings. The first-order valence-corrected chi connectivity index (χ1v) is 7.25. The lowest BCUT2D eigenvalue weighted by atomic mass is 10.00. The van der Waals surface area contributed by atoms with Crippen molar-refractivity contribution in [1.82, 2.24) is 4.98 Å². The number of hydrogen-bond donors (Lipinski definition) is 1. The number of rotatable bonds is 3. The Kier molecular flexibility index (Phi) is 3.61. The maximum atomic E-state index is 11.6. The van der Waals surface area contributed by atoms with Gasteiger partial charge in [0.05, 0.1) is 18.3 Å². The third kappa shape index (κ3) is 2.38. The number of hydrogen-bond acceptors (Lipinski definition) is 5. The van der Waals surface area contributed by atoms with Crippen LogP contribution >= 0.6 is 0 Å². The summed E-state index contributed by atoms with van der Waals surface area (Å²) in [6.45, 7) is 3.97. The highest BCUT2D eigenvalue weighted by Crippen LogP contribution is 2.39. The summed E-state index contributed by atoms with van der Waals surface area (Å²) in [7, 11) is 0. The fraction of sp³-hybridized carbons (Fsp3) is 0.600. The molecular weight excluding hydrogens is 256 g/mol. The molecule has 0 aromatic carbocycles. The van der Waals surface area contributed by atoms with Gasteiger partial charge in [-0.1, -0.05) is 0 Å². The van der Waals surface area contributed by atoms with Crippen LogP contribution in [0.15, 0.2) is 18.3 Å². The molecule has 1 N–H and O–H groups in total. The van der Waals surface area contributed by atoms with E-state index in [0.29, 0.717) is 24.0 Å². The van der Waals surface area contributed by atoms with E-state index in [-0.39, 0.29) is 12.1 Å². The monoisotopic (exact) mass is 276 g/mol. The maximum Gasteiger partial charge on any atom is 0.339 e. The number of carbonyl (C=O) groups excluding carboxylic acids is 1. The Labute approximate surface area is 118 Å². The largest absolute Gasteiger partial charge is 0.462 e. The van der Waals surface area contributed by atoms with Gasteiger partial charge < -0.3 is 14.7 Å². The summed E-state index contributed by atoms with van der Waals surface area (Å²) < 4.78 is 4.94. The van der Waals surface area contributed by atoms with Crippen LogP contribution in [0, 0.1) is 11.8 Å². The second kappa shape index (κ2) is 5.40. The second-order valence-corrected chi connectivity index (χ2v) is 5.60. The summed E-state index contributed by atoms with van der Waals surface area (Å²) in [5, 5.41) is 9.93. The molecular formula is C15H20N2O3. The molecule has 3 rings (SSSR count). The SMILES string of the molecule is CCOC(=O)c1ccc(N2CC3CCC(O)C3C2)nc1. The molecule has 1 saturated carbocycles. The van der Waals surface area contributed by atoms with Crippen molar-refractivity contribution in [3.05, 3.63) is 23.9 Å². The molecule has 5 heteroatoms. The van der Waals surface area contributed by atoms with Crippen LogP contribution in [0.25, 0.3) is 0 Å². The highest BCUT2D eigenvalue weighted by molar-refractivity contribution is 5.89. The van der Waals surface area contributed by atoms with Gasteiger partial charge >= 0.3 is 5.97 Å². The van der Waals surface area contributed by atoms with Crippen molar-refractivity contribution in [3.63, 3.8) is 0 Å². The van der Waals surface area contributed by atoms with Crippen LogP contribution in [0.2, 0.25) is 0 Å². The highest BCUT2D eigenvalue weighted by Gasteiger charge is 2.42. The molecule has 5 nitrogen and oxygen atoms in total. The number of pyridine rings is 1. The predicted molar refractivity (Wildman–Crippen MR) is 74.6 cm³/mol. The molecule has 1 aliphatic carbocycles. The molecule has 0 bridgehead atoms. The Balaban J connectivity index is 1.68. The Morgan fingerprint density at radius 1 is 1.45 bits per heavy atom. The lowest BCUT2D eigenvalue weighted by Crippen LogP contribution is -2.25. The average molecular weight is 276 g/mol. The normalized spacial score (nSPS) is 28.5. The minimum absolute atomic E-state index is 0.163. The van der Waals surface area contributed by atoms with E-state index < -0.39 is 0 Å². The first-order chi connectivity index (χ1) is 9.69. The van der Waals surface area contributed by atoms with Crippen molar-refractivity contribution in [2.45, 2.75) is 25.9 Å². The number of ether oxygens (including phenoxy) is 1. The Bertz CT molecular complexity index is 488. The van der Waals surface area contributed by atoms with Gasteiger partial charge in [0.2, 0.25) is 0 Å². The molecule has 3 atom stereocenters. The van der Waals surface area contributed by atoms with Crippen LogP contribution in [0.3, 0.4) is 0 Å². The molecule has 3 unspecified atom stereocenters. The zero-order valence-corrected chi connectivity index (χ0v) is 11.7. The average Bonchev–Trinajstić information content (AvgIpc) is 3.02. The van der Waals surface area contributed by atoms with Gasteiger partial charge in [-0.3, -0.25) is 0 Å². The number of aromatic nitrogens is 1. The fourth-order valence-electron chi connectivity index (χ4n) is 3.33. The van der Waals surface area contributed by atoms with E-state index in [9.17, 15) is 9.90 Å². The van der Waals surface area contributed by atoms with Gasteiger partial charge in [-0.25, -0.2) is 9.78 Å². The number of carbonyl (C=O) groups is 1. The molecule has 1 aliphatic heterocycles. The third-order valence-corrected chi connectivity index (χ3v) is 4.40. The minimum atomic E-state index is -0.333. The Morgan fingerprint density at radius 2 is 2.30 bits per heavy atom. The van der Waals surface area contributed by atoms with Gasteiger partial charge in [-0.15, -0.1) is 0 Å². The van der Waals surface area contributed by atoms with E-state index in [2.05, 4.69) is 9.88 Å². The van der Waals surface area contributed by atoms with Crippen LogP contribution in [-0.4, -0.2) is 41.9 Å². The van der Waals surface area contributed by atoms with E-state index in [0.717, 1.165) is 31.7 Å². The summed E-state index contributed by atoms with van der Waals surface area (Å²) >= 11 is 0. The fourth-order valence-corrected chi connectivity index (χ4v) is 3.33. The molecule has 20 heavy (non-hydrogen) atoms. The van der Waals surface area contributed by atoms with Crippen LogP contribution < -0.4 is 4.90 Å². The van der Waals surface area contributed by atoms with Gasteiger partial charge in [0, 0.05) is 25.2 Å². The van der Waals surface area contributed by atoms with E-state index in [4.69, 9.17) is 4.74 Å². The zero-order chi connectivity index (χ0) is 14.1. The number of esters is 1. The lowest BCUT2D eigenvalue weighted by molar-refractivity contribution is 0.0526. The Hall–Kier alpha value is -1.62. The smallest absolute Gasteiger partial charge is 0.339 e. The van der Waals surface area contributed by atoms with E-state index in [1.165, 1.54) is 0 Å². The lowest BCUT2D eigenvalue weighted by Gasteiger charge is -2.19. The number of fused-ring (bicyclic) bond motifs is 1. The van der Waals surface area contributed by atoms with E-state index in [1.54, 1.807) is 19.2 Å². The summed E-state index contributed by atoms with van der Waals surface area (Å²) in [5.74, 6) is 1.50. The molecule has 2 fully saturated rings. The maximum absolute atomic E-state index is 11.6. The molecule has 1 saturated heterocycles. The predicted octanol–water partition coefficient (Wildman–Crippen LogP) is 1.47. The van der Waals surface area contributed by atoms with Crippen molar-refractivity contribution in [1.29, 1.82) is 0 Å². The summed E-state index contributed by atoms with van der Waals surface area (Å²) in [4.78, 5) is 18.1. The standard InChI is InChI=1S/C15H20N2O3/c1-2-20-15(19)10-4-6-14(16-7-10)17-8-11-3-5-13(18)12(11)9-17/h4,6-7,11-13,18H,2-3,5,8-9H2,1H3. The highest BCUT2D eigenvalue weighted by atomic mass is 16.5. The van der Waals surface area contributed by atoms with Crippen molar-refractivity contribution in [2.75, 3.05) is 24.6 Å². The first-order valence-electron chi connectivity index (χ1n) is 7.25. The molecule has 1 aromatic heterocycles. The summed E-state index contributed by atoms with van der Waals surface area (Å²) in [6.07, 6.45) is 3.43. The van der Waals surface area contributed by atoms with Crippen LogP contribution in [0.5, 0.6) is 0 Å². The number of nitrogens with zero attached hydrogens (tertiary/aromatic N) is 2. The van der Waals surface area contributed by atoms with Crippen LogP contribution in [-0.2, 0) is 4.74 Å². The van der Waals surface area contributed by atoms with Gasteiger partial charge in [0.25, 0.3) is 0 Å². The van der Waals surface area contributed by atoms with Crippen LogP contribution in [0.4, 0.5) is 5.82 Å². The Morgan fingerprint density at radius 3 is 2.95 bits per heavy atom. The molecule has 108 valence electrons. The number of aliphatic hydroxyl groups excluding tert-OH is 1. The van der Waals surface area contributed by atoms with E-state index in [1.807, 2.05) is 6.07 Å². The first kappa shape index (κ1) is 13.4. The van der Waals surface area contributed by atoms with Gasteiger partial charge in [-0.05, 0) is 37.8 Å². The summed E-state index contributed by atoms with van der Waals surface area (Å²) in [6, 6.07) is 3.62. The second-order valence-electron chi connectivity index (χ2n) is 5.60. The van der Waals surface area contributed by atoms with Gasteiger partial charge in [0.1, 0.15) is 5.82 Å². The minimum Gasteiger partial charge on any atom is -0.462 e. The zero-order valence-electron chi connectivity index (χ0n) is 11.7. The van der Waals surface area contributed by atoms with Crippen LogP contribution in [0.1, 0.15) is 30.1 Å². The molecule has 0 radical (unpaired) electrons. The topological polar surface area (TPSA) is 62.7 Å². The van der Waals surface area contributed by atoms with Crippen molar-refractivity contribution < 1.29 is 14.6 Å². The van der Waals surface area contributed by atoms with Gasteiger partial charge in [0.15, 0.2) is 0 Å². The molecule has 2 aliphatic rings. The van der Waals surface area contributed by atoms with Crippen molar-refractivity contribution in [2.24, 2.45) is 11.8 Å². The van der Waals surface area contributed by atoms with Crippen molar-refractivity contribution in [3.8, 4) is 0 Å². The summed E-state index contributed by atoms with van der Waals surface area (Å²) in [5.41, 5.74) is 0.482. The quantitative estimate of drug-likeness (QED) is 0.847. The molecule has 0 amide bonds. The molecule has 0 spiro atoms. The number of anilines is 1.